The third kappa shape index (κ3) is 5.56. The van der Waals surface area contributed by atoms with Gasteiger partial charge in [-0.25, -0.2) is 0 Å². The van der Waals surface area contributed by atoms with E-state index in [-0.39, 0.29) is 0 Å². The molecule has 118 valence electrons. The summed E-state index contributed by atoms with van der Waals surface area (Å²) in [5.41, 5.74) is 0. The number of rotatable bonds is 8. The van der Waals surface area contributed by atoms with Crippen LogP contribution in [0.4, 0.5) is 0 Å². The van der Waals surface area contributed by atoms with Crippen molar-refractivity contribution in [2.24, 2.45) is 0 Å². The fraction of sp³-hybridized carbons (Fsp3) is 0.647. The summed E-state index contributed by atoms with van der Waals surface area (Å²) >= 11 is 0. The first-order valence-corrected chi connectivity index (χ1v) is 8.01. The molecule has 0 aliphatic carbocycles. The summed E-state index contributed by atoms with van der Waals surface area (Å²) in [6.07, 6.45) is 4.10. The Labute approximate surface area is 128 Å². The van der Waals surface area contributed by atoms with Gasteiger partial charge in [0.25, 0.3) is 0 Å². The zero-order valence-corrected chi connectivity index (χ0v) is 13.3. The lowest BCUT2D eigenvalue weighted by molar-refractivity contribution is 0.205. The number of benzene rings is 1. The number of para-hydroxylation sites is 2. The second-order valence-corrected chi connectivity index (χ2v) is 5.72. The Bertz CT molecular complexity index is 406. The molecule has 0 amide bonds. The van der Waals surface area contributed by atoms with E-state index in [9.17, 15) is 0 Å². The fourth-order valence-electron chi connectivity index (χ4n) is 2.80. The van der Waals surface area contributed by atoms with E-state index in [1.165, 1.54) is 32.4 Å². The molecule has 2 rings (SSSR count). The smallest absolute Gasteiger partial charge is 0.161 e. The monoisotopic (exact) mass is 292 g/mol. The Hall–Kier alpha value is -1.26. The van der Waals surface area contributed by atoms with Crippen LogP contribution < -0.4 is 14.8 Å². The van der Waals surface area contributed by atoms with Crippen LogP contribution in [0.25, 0.3) is 0 Å². The van der Waals surface area contributed by atoms with Crippen molar-refractivity contribution in [2.75, 3.05) is 39.9 Å². The highest BCUT2D eigenvalue weighted by Crippen LogP contribution is 2.25. The molecule has 1 heterocycles. The summed E-state index contributed by atoms with van der Waals surface area (Å²) in [5.74, 6) is 1.60. The summed E-state index contributed by atoms with van der Waals surface area (Å²) in [6.45, 7) is 7.40. The molecule has 1 aromatic rings. The first-order chi connectivity index (χ1) is 10.3. The van der Waals surface area contributed by atoms with Crippen molar-refractivity contribution >= 4 is 0 Å². The molecule has 0 saturated carbocycles. The van der Waals surface area contributed by atoms with Gasteiger partial charge in [-0.3, -0.25) is 0 Å². The van der Waals surface area contributed by atoms with E-state index < -0.39 is 0 Å². The SMILES string of the molecule is COc1ccccc1OCCNC(C)CN1CCCCC1. The molecule has 0 bridgehead atoms. The van der Waals surface area contributed by atoms with Crippen molar-refractivity contribution in [2.45, 2.75) is 32.2 Å². The van der Waals surface area contributed by atoms with Gasteiger partial charge in [-0.2, -0.15) is 0 Å². The topological polar surface area (TPSA) is 33.7 Å². The molecular formula is C17H28N2O2. The molecule has 1 aliphatic rings. The summed E-state index contributed by atoms with van der Waals surface area (Å²) in [7, 11) is 1.67. The predicted molar refractivity (Wildman–Crippen MR) is 86.2 cm³/mol. The maximum Gasteiger partial charge on any atom is 0.161 e. The average Bonchev–Trinajstić information content (AvgIpc) is 2.53. The van der Waals surface area contributed by atoms with E-state index in [0.29, 0.717) is 12.6 Å². The molecule has 0 aromatic heterocycles. The molecule has 1 atom stereocenters. The van der Waals surface area contributed by atoms with E-state index in [1.54, 1.807) is 7.11 Å². The van der Waals surface area contributed by atoms with Gasteiger partial charge in [-0.1, -0.05) is 18.6 Å². The van der Waals surface area contributed by atoms with Crippen molar-refractivity contribution in [3.63, 3.8) is 0 Å². The number of methoxy groups -OCH3 is 1. The minimum Gasteiger partial charge on any atom is -0.493 e. The normalized spacial score (nSPS) is 17.4. The Balaban J connectivity index is 1.62. The van der Waals surface area contributed by atoms with Crippen molar-refractivity contribution in [1.29, 1.82) is 0 Å². The van der Waals surface area contributed by atoms with E-state index in [1.807, 2.05) is 24.3 Å². The van der Waals surface area contributed by atoms with Crippen LogP contribution in [-0.2, 0) is 0 Å². The molecule has 1 N–H and O–H groups in total. The number of hydrogen-bond donors (Lipinski definition) is 1. The first kappa shape index (κ1) is 16.1. The zero-order chi connectivity index (χ0) is 14.9. The number of nitrogens with one attached hydrogen (secondary N) is 1. The Kier molecular flexibility index (Phi) is 6.83. The predicted octanol–water partition coefficient (Wildman–Crippen LogP) is 2.54. The number of hydrogen-bond acceptors (Lipinski definition) is 4. The molecule has 1 saturated heterocycles. The second-order valence-electron chi connectivity index (χ2n) is 5.72. The molecule has 1 fully saturated rings. The van der Waals surface area contributed by atoms with Gasteiger partial charge in [0.05, 0.1) is 7.11 Å². The van der Waals surface area contributed by atoms with E-state index in [2.05, 4.69) is 17.1 Å². The summed E-state index contributed by atoms with van der Waals surface area (Å²) < 4.78 is 11.0. The van der Waals surface area contributed by atoms with Crippen LogP contribution in [-0.4, -0.2) is 50.8 Å². The quantitative estimate of drug-likeness (QED) is 0.747. The van der Waals surface area contributed by atoms with Crippen LogP contribution in [0.5, 0.6) is 11.5 Å². The average molecular weight is 292 g/mol. The number of ether oxygens (including phenoxy) is 2. The van der Waals surface area contributed by atoms with Gasteiger partial charge in [0, 0.05) is 19.1 Å². The zero-order valence-electron chi connectivity index (χ0n) is 13.3. The molecule has 0 spiro atoms. The van der Waals surface area contributed by atoms with E-state index in [0.717, 1.165) is 24.6 Å². The largest absolute Gasteiger partial charge is 0.493 e. The number of likely N-dealkylation sites (tertiary alicyclic amines) is 1. The third-order valence-electron chi connectivity index (χ3n) is 3.90. The van der Waals surface area contributed by atoms with Crippen LogP contribution in [0, 0.1) is 0 Å². The summed E-state index contributed by atoms with van der Waals surface area (Å²) in [4.78, 5) is 2.56. The van der Waals surface area contributed by atoms with Crippen molar-refractivity contribution in [1.82, 2.24) is 10.2 Å². The minimum atomic E-state index is 0.504. The molecule has 1 aliphatic heterocycles. The van der Waals surface area contributed by atoms with Gasteiger partial charge in [-0.15, -0.1) is 0 Å². The van der Waals surface area contributed by atoms with Gasteiger partial charge in [0.2, 0.25) is 0 Å². The number of piperidine rings is 1. The molecule has 4 heteroatoms. The Morgan fingerprint density at radius 2 is 1.86 bits per heavy atom. The Morgan fingerprint density at radius 1 is 1.14 bits per heavy atom. The van der Waals surface area contributed by atoms with Gasteiger partial charge >= 0.3 is 0 Å². The third-order valence-corrected chi connectivity index (χ3v) is 3.90. The summed E-state index contributed by atoms with van der Waals surface area (Å²) in [6, 6.07) is 8.27. The first-order valence-electron chi connectivity index (χ1n) is 8.01. The molecule has 4 nitrogen and oxygen atoms in total. The Morgan fingerprint density at radius 3 is 2.57 bits per heavy atom. The lowest BCUT2D eigenvalue weighted by Crippen LogP contribution is -2.42. The molecular weight excluding hydrogens is 264 g/mol. The highest BCUT2D eigenvalue weighted by molar-refractivity contribution is 5.39. The van der Waals surface area contributed by atoms with E-state index in [4.69, 9.17) is 9.47 Å². The highest BCUT2D eigenvalue weighted by Gasteiger charge is 2.12. The highest BCUT2D eigenvalue weighted by atomic mass is 16.5. The molecule has 1 aromatic carbocycles. The van der Waals surface area contributed by atoms with Crippen LogP contribution >= 0.6 is 0 Å². The maximum atomic E-state index is 5.77. The van der Waals surface area contributed by atoms with Gasteiger partial charge < -0.3 is 19.7 Å². The van der Waals surface area contributed by atoms with Crippen molar-refractivity contribution < 1.29 is 9.47 Å². The van der Waals surface area contributed by atoms with Gasteiger partial charge in [0.15, 0.2) is 11.5 Å². The van der Waals surface area contributed by atoms with Gasteiger partial charge in [-0.05, 0) is 45.0 Å². The summed E-state index contributed by atoms with van der Waals surface area (Å²) in [5, 5.41) is 3.53. The van der Waals surface area contributed by atoms with Crippen LogP contribution in [0.2, 0.25) is 0 Å². The molecule has 0 radical (unpaired) electrons. The van der Waals surface area contributed by atoms with Crippen LogP contribution in [0.3, 0.4) is 0 Å². The maximum absolute atomic E-state index is 5.77. The molecule has 1 unspecified atom stereocenters. The fourth-order valence-corrected chi connectivity index (χ4v) is 2.80. The number of nitrogens with zero attached hydrogens (tertiary/aromatic N) is 1. The van der Waals surface area contributed by atoms with Crippen molar-refractivity contribution in [3.05, 3.63) is 24.3 Å². The molecule has 21 heavy (non-hydrogen) atoms. The lowest BCUT2D eigenvalue weighted by Gasteiger charge is -2.29. The van der Waals surface area contributed by atoms with E-state index >= 15 is 0 Å². The second kappa shape index (κ2) is 8.90. The van der Waals surface area contributed by atoms with Crippen LogP contribution in [0.15, 0.2) is 24.3 Å². The minimum absolute atomic E-state index is 0.504. The van der Waals surface area contributed by atoms with Gasteiger partial charge in [0.1, 0.15) is 6.61 Å². The lowest BCUT2D eigenvalue weighted by atomic mass is 10.1. The van der Waals surface area contributed by atoms with Crippen LogP contribution in [0.1, 0.15) is 26.2 Å². The van der Waals surface area contributed by atoms with Crippen molar-refractivity contribution in [3.8, 4) is 11.5 Å². The standard InChI is InChI=1S/C17H28N2O2/c1-15(14-19-11-6-3-7-12-19)18-10-13-21-17-9-5-4-8-16(17)20-2/h4-5,8-9,15,18H,3,6-7,10-14H2,1-2H3.